The lowest BCUT2D eigenvalue weighted by Crippen LogP contribution is -2.38. The summed E-state index contributed by atoms with van der Waals surface area (Å²) in [6.45, 7) is 3.15. The Morgan fingerprint density at radius 1 is 1.32 bits per heavy atom. The van der Waals surface area contributed by atoms with Gasteiger partial charge in [-0.2, -0.15) is 0 Å². The Hall–Kier alpha value is -1.23. The molecule has 9 heteroatoms. The second kappa shape index (κ2) is 10.7. The van der Waals surface area contributed by atoms with Crippen LogP contribution in [0.1, 0.15) is 23.6 Å². The number of aliphatic imine (C=N–C) groups is 1. The average molecular weight is 525 g/mol. The first-order chi connectivity index (χ1) is 11.5. The molecule has 6 nitrogen and oxygen atoms in total. The maximum atomic E-state index is 13.7. The van der Waals surface area contributed by atoms with Gasteiger partial charge in [-0.1, -0.05) is 22.0 Å². The number of rotatable bonds is 6. The standard InChI is InChI=1S/C16H22BrFN6.HI/c1-11-22-23-15(24(11)3)10-21-16(19-2)20-8-4-5-12-6-7-13(17)9-14(12)18;/h6-7,9H,4-5,8,10H2,1-3H3,(H2,19,20,21);1H. The van der Waals surface area contributed by atoms with Crippen LogP contribution in [0.3, 0.4) is 0 Å². The highest BCUT2D eigenvalue weighted by Gasteiger charge is 2.06. The molecule has 2 rings (SSSR count). The van der Waals surface area contributed by atoms with Crippen LogP contribution in [0.15, 0.2) is 27.7 Å². The molecule has 0 unspecified atom stereocenters. The zero-order valence-corrected chi connectivity index (χ0v) is 18.4. The molecular weight excluding hydrogens is 502 g/mol. The first kappa shape index (κ1) is 21.8. The zero-order chi connectivity index (χ0) is 17.5. The van der Waals surface area contributed by atoms with Crippen LogP contribution in [-0.2, 0) is 20.0 Å². The monoisotopic (exact) mass is 524 g/mol. The van der Waals surface area contributed by atoms with Crippen LogP contribution >= 0.6 is 39.9 Å². The summed E-state index contributed by atoms with van der Waals surface area (Å²) in [6.07, 6.45) is 1.48. The van der Waals surface area contributed by atoms with Gasteiger partial charge >= 0.3 is 0 Å². The predicted octanol–water partition coefficient (Wildman–Crippen LogP) is 2.94. The number of hydrogen-bond donors (Lipinski definition) is 2. The van der Waals surface area contributed by atoms with Crippen LogP contribution in [0, 0.1) is 12.7 Å². The van der Waals surface area contributed by atoms with E-state index in [1.54, 1.807) is 7.05 Å². The molecule has 0 aliphatic heterocycles. The van der Waals surface area contributed by atoms with Crippen molar-refractivity contribution in [3.05, 3.63) is 45.7 Å². The molecule has 2 aromatic rings. The smallest absolute Gasteiger partial charge is 0.191 e. The van der Waals surface area contributed by atoms with Crippen molar-refractivity contribution in [2.45, 2.75) is 26.3 Å². The Balaban J connectivity index is 0.00000312. The largest absolute Gasteiger partial charge is 0.356 e. The van der Waals surface area contributed by atoms with Gasteiger partial charge in [0, 0.05) is 25.1 Å². The van der Waals surface area contributed by atoms with E-state index in [1.807, 2.05) is 30.7 Å². The van der Waals surface area contributed by atoms with Gasteiger partial charge in [0.05, 0.1) is 6.54 Å². The van der Waals surface area contributed by atoms with E-state index in [-0.39, 0.29) is 29.8 Å². The molecule has 0 amide bonds. The Labute approximate surface area is 172 Å². The van der Waals surface area contributed by atoms with E-state index in [0.29, 0.717) is 25.5 Å². The molecule has 0 radical (unpaired) electrons. The molecule has 0 aliphatic carbocycles. The van der Waals surface area contributed by atoms with Crippen LogP contribution < -0.4 is 10.6 Å². The third-order valence-corrected chi connectivity index (χ3v) is 4.24. The molecule has 138 valence electrons. The number of hydrogen-bond acceptors (Lipinski definition) is 3. The highest BCUT2D eigenvalue weighted by atomic mass is 127. The van der Waals surface area contributed by atoms with Crippen LogP contribution in [0.2, 0.25) is 0 Å². The molecule has 2 N–H and O–H groups in total. The fourth-order valence-electron chi connectivity index (χ4n) is 2.20. The van der Waals surface area contributed by atoms with E-state index >= 15 is 0 Å². The number of nitrogens with zero attached hydrogens (tertiary/aromatic N) is 4. The van der Waals surface area contributed by atoms with Gasteiger partial charge < -0.3 is 15.2 Å². The fraction of sp³-hybridized carbons (Fsp3) is 0.438. The van der Waals surface area contributed by atoms with Crippen molar-refractivity contribution in [1.29, 1.82) is 0 Å². The number of guanidine groups is 1. The number of nitrogens with one attached hydrogen (secondary N) is 2. The molecular formula is C16H23BrFIN6. The lowest BCUT2D eigenvalue weighted by molar-refractivity contribution is 0.601. The Morgan fingerprint density at radius 3 is 2.68 bits per heavy atom. The second-order valence-corrected chi connectivity index (χ2v) is 6.33. The second-order valence-electron chi connectivity index (χ2n) is 5.41. The Bertz CT molecular complexity index is 719. The Morgan fingerprint density at radius 2 is 2.08 bits per heavy atom. The van der Waals surface area contributed by atoms with Crippen LogP contribution in [0.25, 0.3) is 0 Å². The third-order valence-electron chi connectivity index (χ3n) is 3.75. The molecule has 0 spiro atoms. The number of aromatic nitrogens is 3. The van der Waals surface area contributed by atoms with Crippen LogP contribution in [-0.4, -0.2) is 34.3 Å². The Kier molecular flexibility index (Phi) is 9.33. The molecule has 1 aromatic heterocycles. The number of aryl methyl sites for hydroxylation is 2. The molecule has 1 heterocycles. The topological polar surface area (TPSA) is 67.1 Å². The quantitative estimate of drug-likeness (QED) is 0.264. The van der Waals surface area contributed by atoms with Gasteiger partial charge in [-0.15, -0.1) is 34.2 Å². The van der Waals surface area contributed by atoms with Gasteiger partial charge in [0.15, 0.2) is 11.8 Å². The van der Waals surface area contributed by atoms with Gasteiger partial charge in [0.25, 0.3) is 0 Å². The van der Waals surface area contributed by atoms with Crippen molar-refractivity contribution in [3.8, 4) is 0 Å². The summed E-state index contributed by atoms with van der Waals surface area (Å²) < 4.78 is 16.4. The number of halogens is 3. The van der Waals surface area contributed by atoms with Crippen molar-refractivity contribution >= 4 is 45.9 Å². The number of benzene rings is 1. The molecule has 0 fully saturated rings. The van der Waals surface area contributed by atoms with Gasteiger partial charge in [-0.05, 0) is 37.5 Å². The fourth-order valence-corrected chi connectivity index (χ4v) is 2.53. The molecule has 25 heavy (non-hydrogen) atoms. The predicted molar refractivity (Wildman–Crippen MR) is 112 cm³/mol. The first-order valence-corrected chi connectivity index (χ1v) is 8.54. The maximum absolute atomic E-state index is 13.7. The van der Waals surface area contributed by atoms with Crippen LogP contribution in [0.4, 0.5) is 4.39 Å². The van der Waals surface area contributed by atoms with Crippen molar-refractivity contribution in [2.24, 2.45) is 12.0 Å². The SMILES string of the molecule is CN=C(NCCCc1ccc(Br)cc1F)NCc1nnc(C)n1C.I. The molecule has 0 bridgehead atoms. The molecule has 1 aromatic carbocycles. The summed E-state index contributed by atoms with van der Waals surface area (Å²) in [7, 11) is 3.64. The van der Waals surface area contributed by atoms with E-state index < -0.39 is 0 Å². The summed E-state index contributed by atoms with van der Waals surface area (Å²) in [5.41, 5.74) is 0.720. The van der Waals surface area contributed by atoms with Gasteiger partial charge in [-0.25, -0.2) is 4.39 Å². The minimum atomic E-state index is -0.176. The minimum Gasteiger partial charge on any atom is -0.356 e. The summed E-state index contributed by atoms with van der Waals surface area (Å²) in [5.74, 6) is 2.22. The summed E-state index contributed by atoms with van der Waals surface area (Å²) in [5, 5.41) is 14.5. The van der Waals surface area contributed by atoms with Crippen molar-refractivity contribution in [1.82, 2.24) is 25.4 Å². The summed E-state index contributed by atoms with van der Waals surface area (Å²) in [6, 6.07) is 5.16. The summed E-state index contributed by atoms with van der Waals surface area (Å²) in [4.78, 5) is 4.17. The van der Waals surface area contributed by atoms with E-state index in [1.165, 1.54) is 6.07 Å². The third kappa shape index (κ3) is 6.53. The van der Waals surface area contributed by atoms with Gasteiger partial charge in [0.1, 0.15) is 11.6 Å². The van der Waals surface area contributed by atoms with Crippen molar-refractivity contribution < 1.29 is 4.39 Å². The van der Waals surface area contributed by atoms with E-state index in [4.69, 9.17) is 0 Å². The minimum absolute atomic E-state index is 0. The zero-order valence-electron chi connectivity index (χ0n) is 14.5. The maximum Gasteiger partial charge on any atom is 0.191 e. The lowest BCUT2D eigenvalue weighted by atomic mass is 10.1. The van der Waals surface area contributed by atoms with Crippen molar-refractivity contribution in [2.75, 3.05) is 13.6 Å². The molecule has 0 atom stereocenters. The van der Waals surface area contributed by atoms with Gasteiger partial charge in [0.2, 0.25) is 0 Å². The van der Waals surface area contributed by atoms with Gasteiger partial charge in [-0.3, -0.25) is 4.99 Å². The molecule has 0 aliphatic rings. The normalized spacial score (nSPS) is 11.2. The highest BCUT2D eigenvalue weighted by Crippen LogP contribution is 2.16. The molecule has 0 saturated carbocycles. The van der Waals surface area contributed by atoms with E-state index in [0.717, 1.165) is 28.1 Å². The summed E-state index contributed by atoms with van der Waals surface area (Å²) >= 11 is 3.26. The highest BCUT2D eigenvalue weighted by molar-refractivity contribution is 14.0. The lowest BCUT2D eigenvalue weighted by Gasteiger charge is -2.11. The van der Waals surface area contributed by atoms with Crippen molar-refractivity contribution in [3.63, 3.8) is 0 Å². The van der Waals surface area contributed by atoms with Crippen LogP contribution in [0.5, 0.6) is 0 Å². The first-order valence-electron chi connectivity index (χ1n) is 7.74. The van der Waals surface area contributed by atoms with E-state index in [9.17, 15) is 4.39 Å². The average Bonchev–Trinajstić information content (AvgIpc) is 2.87. The molecule has 0 saturated heterocycles. The van der Waals surface area contributed by atoms with E-state index in [2.05, 4.69) is 41.8 Å².